The summed E-state index contributed by atoms with van der Waals surface area (Å²) in [6.07, 6.45) is 1.87. The zero-order valence-corrected chi connectivity index (χ0v) is 13.9. The molecule has 5 rings (SSSR count). The highest BCUT2D eigenvalue weighted by molar-refractivity contribution is 5.97. The Labute approximate surface area is 145 Å². The van der Waals surface area contributed by atoms with Crippen molar-refractivity contribution >= 4 is 16.9 Å². The lowest BCUT2D eigenvalue weighted by atomic mass is 10.0. The Morgan fingerprint density at radius 3 is 2.84 bits per heavy atom. The maximum absolute atomic E-state index is 4.85. The number of imidazole rings is 1. The molecule has 1 N–H and O–H groups in total. The summed E-state index contributed by atoms with van der Waals surface area (Å²) in [5.74, 6) is 0.911. The van der Waals surface area contributed by atoms with Gasteiger partial charge < -0.3 is 9.88 Å². The SMILES string of the molecule is Cc1cccc(-c2nc3n(c2-c2ccnc4ccccc24)CCN3)n1. The first-order chi connectivity index (χ1) is 12.3. The zero-order chi connectivity index (χ0) is 16.8. The second kappa shape index (κ2) is 5.41. The second-order valence-electron chi connectivity index (χ2n) is 6.25. The van der Waals surface area contributed by atoms with Crippen LogP contribution in [0.4, 0.5) is 5.95 Å². The average molecular weight is 327 g/mol. The first-order valence-corrected chi connectivity index (χ1v) is 8.44. The van der Waals surface area contributed by atoms with E-state index in [1.54, 1.807) is 0 Å². The van der Waals surface area contributed by atoms with Crippen LogP contribution in [-0.2, 0) is 6.54 Å². The third-order valence-corrected chi connectivity index (χ3v) is 4.62. The monoisotopic (exact) mass is 327 g/mol. The van der Waals surface area contributed by atoms with E-state index in [2.05, 4.69) is 33.1 Å². The molecule has 0 amide bonds. The van der Waals surface area contributed by atoms with E-state index in [0.29, 0.717) is 0 Å². The third kappa shape index (κ3) is 2.20. The Hall–Kier alpha value is -3.21. The number of aryl methyl sites for hydroxylation is 1. The molecule has 0 spiro atoms. The van der Waals surface area contributed by atoms with Crippen LogP contribution in [0.1, 0.15) is 5.69 Å². The molecule has 4 heterocycles. The van der Waals surface area contributed by atoms with Crippen molar-refractivity contribution in [1.82, 2.24) is 19.5 Å². The van der Waals surface area contributed by atoms with E-state index in [0.717, 1.165) is 58.3 Å². The van der Waals surface area contributed by atoms with Crippen LogP contribution < -0.4 is 5.32 Å². The van der Waals surface area contributed by atoms with Crippen LogP contribution in [0.25, 0.3) is 33.5 Å². The van der Waals surface area contributed by atoms with Gasteiger partial charge in [0.05, 0.1) is 16.9 Å². The number of nitrogens with zero attached hydrogens (tertiary/aromatic N) is 4. The van der Waals surface area contributed by atoms with E-state index >= 15 is 0 Å². The standard InChI is InChI=1S/C20H17N5/c1-13-5-4-8-17(23-13)18-19(25-12-11-22-20(25)24-18)15-9-10-21-16-7-3-2-6-14(15)16/h2-10H,11-12H2,1H3,(H,22,24). The second-order valence-corrected chi connectivity index (χ2v) is 6.25. The molecule has 3 aromatic heterocycles. The number of hydrogen-bond acceptors (Lipinski definition) is 4. The molecule has 0 unspecified atom stereocenters. The van der Waals surface area contributed by atoms with E-state index in [1.807, 2.05) is 43.5 Å². The molecule has 1 aromatic carbocycles. The van der Waals surface area contributed by atoms with Crippen LogP contribution in [0, 0.1) is 6.92 Å². The summed E-state index contributed by atoms with van der Waals surface area (Å²) in [7, 11) is 0. The summed E-state index contributed by atoms with van der Waals surface area (Å²) in [6.45, 7) is 3.81. The normalized spacial score (nSPS) is 13.0. The van der Waals surface area contributed by atoms with Crippen LogP contribution in [0.15, 0.2) is 54.7 Å². The minimum atomic E-state index is 0.902. The van der Waals surface area contributed by atoms with Crippen molar-refractivity contribution in [2.45, 2.75) is 13.5 Å². The molecule has 5 heteroatoms. The fourth-order valence-corrected chi connectivity index (χ4v) is 3.51. The van der Waals surface area contributed by atoms with Gasteiger partial charge >= 0.3 is 0 Å². The predicted octanol–water partition coefficient (Wildman–Crippen LogP) is 3.89. The number of para-hydroxylation sites is 1. The van der Waals surface area contributed by atoms with Gasteiger partial charge in [0.15, 0.2) is 0 Å². The number of nitrogens with one attached hydrogen (secondary N) is 1. The molecule has 5 nitrogen and oxygen atoms in total. The van der Waals surface area contributed by atoms with Gasteiger partial charge in [0.2, 0.25) is 5.95 Å². The molecule has 0 bridgehead atoms. The third-order valence-electron chi connectivity index (χ3n) is 4.62. The molecule has 0 fully saturated rings. The molecule has 0 atom stereocenters. The van der Waals surface area contributed by atoms with Gasteiger partial charge in [-0.25, -0.2) is 4.98 Å². The first-order valence-electron chi connectivity index (χ1n) is 8.44. The molecular formula is C20H17N5. The molecule has 25 heavy (non-hydrogen) atoms. The van der Waals surface area contributed by atoms with Crippen LogP contribution in [0.2, 0.25) is 0 Å². The molecule has 1 aliphatic heterocycles. The Morgan fingerprint density at radius 2 is 1.92 bits per heavy atom. The van der Waals surface area contributed by atoms with Crippen molar-refractivity contribution < 1.29 is 0 Å². The van der Waals surface area contributed by atoms with Gasteiger partial charge in [-0.2, -0.15) is 0 Å². The highest BCUT2D eigenvalue weighted by Gasteiger charge is 2.24. The van der Waals surface area contributed by atoms with Crippen LogP contribution in [0.5, 0.6) is 0 Å². The minimum Gasteiger partial charge on any atom is -0.354 e. The summed E-state index contributed by atoms with van der Waals surface area (Å²) in [5.41, 5.74) is 6.05. The van der Waals surface area contributed by atoms with Gasteiger partial charge in [-0.1, -0.05) is 24.3 Å². The first kappa shape index (κ1) is 14.2. The molecule has 0 aliphatic carbocycles. The number of benzene rings is 1. The minimum absolute atomic E-state index is 0.902. The van der Waals surface area contributed by atoms with E-state index < -0.39 is 0 Å². The summed E-state index contributed by atoms with van der Waals surface area (Å²) in [6, 6.07) is 16.4. The van der Waals surface area contributed by atoms with Crippen molar-refractivity contribution in [3.8, 4) is 22.6 Å². The highest BCUT2D eigenvalue weighted by Crippen LogP contribution is 2.38. The van der Waals surface area contributed by atoms with Crippen molar-refractivity contribution in [3.63, 3.8) is 0 Å². The van der Waals surface area contributed by atoms with Crippen LogP contribution >= 0.6 is 0 Å². The van der Waals surface area contributed by atoms with Crippen molar-refractivity contribution in [3.05, 3.63) is 60.4 Å². The lowest BCUT2D eigenvalue weighted by Gasteiger charge is -2.10. The lowest BCUT2D eigenvalue weighted by molar-refractivity contribution is 0.818. The van der Waals surface area contributed by atoms with Gasteiger partial charge in [0.1, 0.15) is 5.69 Å². The largest absolute Gasteiger partial charge is 0.354 e. The Kier molecular flexibility index (Phi) is 3.06. The van der Waals surface area contributed by atoms with Gasteiger partial charge in [-0.05, 0) is 31.2 Å². The maximum Gasteiger partial charge on any atom is 0.204 e. The molecule has 1 aliphatic rings. The number of fused-ring (bicyclic) bond motifs is 2. The zero-order valence-electron chi connectivity index (χ0n) is 13.9. The number of anilines is 1. The van der Waals surface area contributed by atoms with Gasteiger partial charge in [-0.15, -0.1) is 0 Å². The summed E-state index contributed by atoms with van der Waals surface area (Å²) in [4.78, 5) is 14.1. The average Bonchev–Trinajstić information content (AvgIpc) is 3.22. The molecule has 4 aromatic rings. The van der Waals surface area contributed by atoms with Gasteiger partial charge in [0.25, 0.3) is 0 Å². The topological polar surface area (TPSA) is 55.6 Å². The molecular weight excluding hydrogens is 310 g/mol. The number of rotatable bonds is 2. The fraction of sp³-hybridized carbons (Fsp3) is 0.150. The van der Waals surface area contributed by atoms with E-state index in [1.165, 1.54) is 0 Å². The van der Waals surface area contributed by atoms with Gasteiger partial charge in [0, 0.05) is 35.9 Å². The van der Waals surface area contributed by atoms with Crippen LogP contribution in [0.3, 0.4) is 0 Å². The predicted molar refractivity (Wildman–Crippen MR) is 99.4 cm³/mol. The molecule has 122 valence electrons. The van der Waals surface area contributed by atoms with Crippen molar-refractivity contribution in [1.29, 1.82) is 0 Å². The van der Waals surface area contributed by atoms with Gasteiger partial charge in [-0.3, -0.25) is 9.97 Å². The van der Waals surface area contributed by atoms with Crippen molar-refractivity contribution in [2.24, 2.45) is 0 Å². The van der Waals surface area contributed by atoms with E-state index in [4.69, 9.17) is 9.97 Å². The number of aromatic nitrogens is 4. The smallest absolute Gasteiger partial charge is 0.204 e. The summed E-state index contributed by atoms with van der Waals surface area (Å²) >= 11 is 0. The molecule has 0 saturated heterocycles. The summed E-state index contributed by atoms with van der Waals surface area (Å²) in [5, 5.41) is 4.50. The number of pyridine rings is 2. The van der Waals surface area contributed by atoms with Crippen molar-refractivity contribution in [2.75, 3.05) is 11.9 Å². The Morgan fingerprint density at radius 1 is 1.00 bits per heavy atom. The van der Waals surface area contributed by atoms with E-state index in [-0.39, 0.29) is 0 Å². The summed E-state index contributed by atoms with van der Waals surface area (Å²) < 4.78 is 2.25. The van der Waals surface area contributed by atoms with Crippen LogP contribution in [-0.4, -0.2) is 26.1 Å². The molecule has 0 saturated carbocycles. The maximum atomic E-state index is 4.85. The highest BCUT2D eigenvalue weighted by atomic mass is 15.3. The lowest BCUT2D eigenvalue weighted by Crippen LogP contribution is -2.00. The quantitative estimate of drug-likeness (QED) is 0.607. The number of hydrogen-bond donors (Lipinski definition) is 1. The van der Waals surface area contributed by atoms with E-state index in [9.17, 15) is 0 Å². The fourth-order valence-electron chi connectivity index (χ4n) is 3.51. The molecule has 0 radical (unpaired) electrons. The Bertz CT molecular complexity index is 1090. The Balaban J connectivity index is 1.84.